The van der Waals surface area contributed by atoms with Gasteiger partial charge in [0.1, 0.15) is 0 Å². The van der Waals surface area contributed by atoms with Crippen LogP contribution in [-0.4, -0.2) is 41.1 Å². The van der Waals surface area contributed by atoms with Crippen molar-refractivity contribution in [2.75, 3.05) is 13.1 Å². The van der Waals surface area contributed by atoms with Crippen LogP contribution < -0.4 is 5.32 Å². The van der Waals surface area contributed by atoms with Gasteiger partial charge in [-0.2, -0.15) is 0 Å². The number of urea groups is 1. The molecule has 2 amide bonds. The van der Waals surface area contributed by atoms with E-state index in [9.17, 15) is 9.59 Å². The summed E-state index contributed by atoms with van der Waals surface area (Å²) in [6.45, 7) is 4.78. The summed E-state index contributed by atoms with van der Waals surface area (Å²) in [6, 6.07) is 7.01. The third-order valence-corrected chi connectivity index (χ3v) is 3.47. The van der Waals surface area contributed by atoms with Crippen molar-refractivity contribution >= 4 is 12.0 Å². The van der Waals surface area contributed by atoms with Gasteiger partial charge in [-0.15, -0.1) is 6.58 Å². The molecule has 0 atom stereocenters. The Kier molecular flexibility index (Phi) is 4.98. The molecule has 21 heavy (non-hydrogen) atoms. The molecule has 1 fully saturated rings. The minimum Gasteiger partial charge on any atom is -0.478 e. The molecule has 5 nitrogen and oxygen atoms in total. The van der Waals surface area contributed by atoms with Gasteiger partial charge in [0.2, 0.25) is 0 Å². The van der Waals surface area contributed by atoms with Gasteiger partial charge in [-0.3, -0.25) is 0 Å². The lowest BCUT2D eigenvalue weighted by Gasteiger charge is -2.21. The standard InChI is InChI=1S/C16H20N2O3/c1-2-11-18(14-7-8-14)16(21)17-10-9-12-3-5-13(6-4-12)15(19)20/h2-6,14H,1,7-11H2,(H,17,21)(H,19,20). The molecule has 5 heteroatoms. The number of benzene rings is 1. The predicted octanol–water partition coefficient (Wildman–Crippen LogP) is 2.29. The fraction of sp³-hybridized carbons (Fsp3) is 0.375. The Bertz CT molecular complexity index is 521. The fourth-order valence-electron chi connectivity index (χ4n) is 2.15. The first-order chi connectivity index (χ1) is 10.1. The lowest BCUT2D eigenvalue weighted by molar-refractivity contribution is 0.0697. The molecule has 112 valence electrons. The average molecular weight is 288 g/mol. The number of hydrogen-bond acceptors (Lipinski definition) is 2. The highest BCUT2D eigenvalue weighted by molar-refractivity contribution is 5.87. The monoisotopic (exact) mass is 288 g/mol. The van der Waals surface area contributed by atoms with Crippen molar-refractivity contribution in [3.8, 4) is 0 Å². The largest absolute Gasteiger partial charge is 0.478 e. The smallest absolute Gasteiger partial charge is 0.335 e. The molecule has 1 aromatic rings. The van der Waals surface area contributed by atoms with Gasteiger partial charge in [-0.25, -0.2) is 9.59 Å². The first kappa shape index (κ1) is 15.1. The predicted molar refractivity (Wildman–Crippen MR) is 80.4 cm³/mol. The van der Waals surface area contributed by atoms with Crippen LogP contribution in [0.25, 0.3) is 0 Å². The molecule has 0 aromatic heterocycles. The van der Waals surface area contributed by atoms with Gasteiger partial charge in [0.25, 0.3) is 0 Å². The van der Waals surface area contributed by atoms with E-state index in [0.29, 0.717) is 25.6 Å². The van der Waals surface area contributed by atoms with Crippen LogP contribution in [0.15, 0.2) is 36.9 Å². The highest BCUT2D eigenvalue weighted by Gasteiger charge is 2.31. The van der Waals surface area contributed by atoms with Crippen molar-refractivity contribution in [2.45, 2.75) is 25.3 Å². The number of carbonyl (C=O) groups is 2. The number of carboxylic acid groups (broad SMARTS) is 1. The molecule has 0 bridgehead atoms. The third-order valence-electron chi connectivity index (χ3n) is 3.47. The van der Waals surface area contributed by atoms with Crippen LogP contribution in [0.5, 0.6) is 0 Å². The molecule has 2 N–H and O–H groups in total. The maximum atomic E-state index is 12.0. The molecule has 1 aliphatic rings. The van der Waals surface area contributed by atoms with E-state index in [2.05, 4.69) is 11.9 Å². The summed E-state index contributed by atoms with van der Waals surface area (Å²) in [4.78, 5) is 24.6. The Morgan fingerprint density at radius 2 is 2.00 bits per heavy atom. The van der Waals surface area contributed by atoms with Gasteiger partial charge in [-0.05, 0) is 37.0 Å². The average Bonchev–Trinajstić information content (AvgIpc) is 3.29. The number of amides is 2. The lowest BCUT2D eigenvalue weighted by Crippen LogP contribution is -2.42. The van der Waals surface area contributed by atoms with Crippen LogP contribution in [0.3, 0.4) is 0 Å². The summed E-state index contributed by atoms with van der Waals surface area (Å²) >= 11 is 0. The molecular formula is C16H20N2O3. The van der Waals surface area contributed by atoms with E-state index in [4.69, 9.17) is 5.11 Å². The van der Waals surface area contributed by atoms with Crippen molar-refractivity contribution in [3.63, 3.8) is 0 Å². The zero-order valence-electron chi connectivity index (χ0n) is 11.9. The van der Waals surface area contributed by atoms with E-state index in [1.54, 1.807) is 35.2 Å². The second kappa shape index (κ2) is 6.92. The number of nitrogens with zero attached hydrogens (tertiary/aromatic N) is 1. The molecule has 0 aliphatic heterocycles. The Balaban J connectivity index is 1.78. The molecule has 0 saturated heterocycles. The Labute approximate surface area is 124 Å². The molecule has 0 unspecified atom stereocenters. The lowest BCUT2D eigenvalue weighted by atomic mass is 10.1. The zero-order chi connectivity index (χ0) is 15.2. The van der Waals surface area contributed by atoms with Crippen molar-refractivity contribution in [2.24, 2.45) is 0 Å². The van der Waals surface area contributed by atoms with E-state index >= 15 is 0 Å². The second-order valence-corrected chi connectivity index (χ2v) is 5.16. The summed E-state index contributed by atoms with van der Waals surface area (Å²) in [5, 5.41) is 11.7. The van der Waals surface area contributed by atoms with Crippen LogP contribution in [0.4, 0.5) is 4.79 Å². The Morgan fingerprint density at radius 3 is 2.52 bits per heavy atom. The summed E-state index contributed by atoms with van der Waals surface area (Å²) in [5.74, 6) is -0.931. The molecule has 1 saturated carbocycles. The van der Waals surface area contributed by atoms with Gasteiger partial charge in [-0.1, -0.05) is 18.2 Å². The van der Waals surface area contributed by atoms with Crippen molar-refractivity contribution in [3.05, 3.63) is 48.0 Å². The number of hydrogen-bond donors (Lipinski definition) is 2. The first-order valence-electron chi connectivity index (χ1n) is 7.09. The van der Waals surface area contributed by atoms with Crippen LogP contribution in [0.2, 0.25) is 0 Å². The minimum atomic E-state index is -0.931. The molecule has 0 spiro atoms. The van der Waals surface area contributed by atoms with E-state index in [-0.39, 0.29) is 11.6 Å². The molecule has 1 aromatic carbocycles. The van der Waals surface area contributed by atoms with E-state index < -0.39 is 5.97 Å². The van der Waals surface area contributed by atoms with Crippen LogP contribution in [-0.2, 0) is 6.42 Å². The van der Waals surface area contributed by atoms with Crippen LogP contribution in [0.1, 0.15) is 28.8 Å². The topological polar surface area (TPSA) is 69.6 Å². The van der Waals surface area contributed by atoms with Gasteiger partial charge < -0.3 is 15.3 Å². The van der Waals surface area contributed by atoms with Gasteiger partial charge in [0.15, 0.2) is 0 Å². The van der Waals surface area contributed by atoms with Gasteiger partial charge >= 0.3 is 12.0 Å². The third kappa shape index (κ3) is 4.34. The summed E-state index contributed by atoms with van der Waals surface area (Å²) in [5.41, 5.74) is 1.27. The molecular weight excluding hydrogens is 268 g/mol. The van der Waals surface area contributed by atoms with Crippen molar-refractivity contribution in [1.82, 2.24) is 10.2 Å². The normalized spacial score (nSPS) is 13.5. The number of carbonyl (C=O) groups excluding carboxylic acids is 1. The molecule has 1 aliphatic carbocycles. The minimum absolute atomic E-state index is 0.0560. The fourth-order valence-corrected chi connectivity index (χ4v) is 2.15. The highest BCUT2D eigenvalue weighted by Crippen LogP contribution is 2.26. The SMILES string of the molecule is C=CCN(C(=O)NCCc1ccc(C(=O)O)cc1)C1CC1. The van der Waals surface area contributed by atoms with E-state index in [0.717, 1.165) is 18.4 Å². The van der Waals surface area contributed by atoms with Crippen molar-refractivity contribution < 1.29 is 14.7 Å². The van der Waals surface area contributed by atoms with Gasteiger partial charge in [0.05, 0.1) is 5.56 Å². The Hall–Kier alpha value is -2.30. The van der Waals surface area contributed by atoms with Crippen molar-refractivity contribution in [1.29, 1.82) is 0 Å². The Morgan fingerprint density at radius 1 is 1.33 bits per heavy atom. The highest BCUT2D eigenvalue weighted by atomic mass is 16.4. The maximum Gasteiger partial charge on any atom is 0.335 e. The summed E-state index contributed by atoms with van der Waals surface area (Å²) in [7, 11) is 0. The first-order valence-corrected chi connectivity index (χ1v) is 7.09. The molecule has 0 heterocycles. The summed E-state index contributed by atoms with van der Waals surface area (Å²) in [6.07, 6.45) is 4.55. The summed E-state index contributed by atoms with van der Waals surface area (Å²) < 4.78 is 0. The quantitative estimate of drug-likeness (QED) is 0.756. The zero-order valence-corrected chi connectivity index (χ0v) is 11.9. The molecule has 0 radical (unpaired) electrons. The number of aromatic carboxylic acids is 1. The van der Waals surface area contributed by atoms with Crippen LogP contribution in [0, 0.1) is 0 Å². The second-order valence-electron chi connectivity index (χ2n) is 5.16. The van der Waals surface area contributed by atoms with Crippen LogP contribution >= 0.6 is 0 Å². The van der Waals surface area contributed by atoms with E-state index in [1.807, 2.05) is 0 Å². The number of nitrogens with one attached hydrogen (secondary N) is 1. The van der Waals surface area contributed by atoms with E-state index in [1.165, 1.54) is 0 Å². The maximum absolute atomic E-state index is 12.0. The number of carboxylic acids is 1. The molecule has 2 rings (SSSR count). The number of rotatable bonds is 7. The van der Waals surface area contributed by atoms with Gasteiger partial charge in [0, 0.05) is 19.1 Å².